The van der Waals surface area contributed by atoms with Crippen LogP contribution in [0.3, 0.4) is 0 Å². The highest BCUT2D eigenvalue weighted by molar-refractivity contribution is 5.25. The van der Waals surface area contributed by atoms with Crippen LogP contribution in [0.15, 0.2) is 4.52 Å². The molecule has 1 aromatic heterocycles. The first-order valence-electron chi connectivity index (χ1n) is 5.08. The lowest BCUT2D eigenvalue weighted by molar-refractivity contribution is 0.358. The van der Waals surface area contributed by atoms with E-state index >= 15 is 0 Å². The molecule has 0 aliphatic rings. The van der Waals surface area contributed by atoms with Crippen molar-refractivity contribution in [2.24, 2.45) is 5.92 Å². The van der Waals surface area contributed by atoms with Crippen LogP contribution in [0.2, 0.25) is 0 Å². The van der Waals surface area contributed by atoms with Gasteiger partial charge in [-0.15, -0.1) is 0 Å². The number of nitriles is 1. The maximum absolute atomic E-state index is 8.52. The van der Waals surface area contributed by atoms with Crippen molar-refractivity contribution in [3.05, 3.63) is 5.89 Å². The first-order valence-corrected chi connectivity index (χ1v) is 5.08. The molecule has 0 saturated heterocycles. The molecule has 0 fully saturated rings. The molecule has 0 bridgehead atoms. The van der Waals surface area contributed by atoms with Crippen LogP contribution in [0.5, 0.6) is 0 Å². The molecular weight excluding hydrogens is 192 g/mol. The minimum Gasteiger partial charge on any atom is -0.342 e. The summed E-state index contributed by atoms with van der Waals surface area (Å²) in [4.78, 5) is 6.15. The van der Waals surface area contributed by atoms with E-state index in [4.69, 9.17) is 9.78 Å². The van der Waals surface area contributed by atoms with Gasteiger partial charge in [-0.2, -0.15) is 10.2 Å². The minimum absolute atomic E-state index is 0.259. The van der Waals surface area contributed by atoms with Gasteiger partial charge in [0.1, 0.15) is 0 Å². The van der Waals surface area contributed by atoms with Gasteiger partial charge in [-0.3, -0.25) is 0 Å². The van der Waals surface area contributed by atoms with Gasteiger partial charge in [0.15, 0.2) is 0 Å². The predicted octanol–water partition coefficient (Wildman–Crippen LogP) is 1.62. The Morgan fingerprint density at radius 1 is 1.60 bits per heavy atom. The van der Waals surface area contributed by atoms with E-state index in [1.54, 1.807) is 0 Å². The molecule has 1 aromatic rings. The minimum atomic E-state index is 0.259. The molecule has 0 saturated carbocycles. The Kier molecular flexibility index (Phi) is 4.10. The summed E-state index contributed by atoms with van der Waals surface area (Å²) >= 11 is 0. The normalized spacial score (nSPS) is 12.1. The summed E-state index contributed by atoms with van der Waals surface area (Å²) in [6, 6.07) is 2.13. The third kappa shape index (κ3) is 3.24. The third-order valence-electron chi connectivity index (χ3n) is 2.24. The second kappa shape index (κ2) is 5.35. The molecule has 0 radical (unpaired) electrons. The number of anilines is 1. The summed E-state index contributed by atoms with van der Waals surface area (Å²) in [6.45, 7) is 4.86. The Morgan fingerprint density at radius 3 is 2.93 bits per heavy atom. The predicted molar refractivity (Wildman–Crippen MR) is 56.3 cm³/mol. The molecule has 1 atom stereocenters. The van der Waals surface area contributed by atoms with Gasteiger partial charge in [-0.1, -0.05) is 6.92 Å². The number of hydrogen-bond donors (Lipinski definition) is 0. The van der Waals surface area contributed by atoms with E-state index in [0.29, 0.717) is 24.7 Å². The highest BCUT2D eigenvalue weighted by Crippen LogP contribution is 2.12. The standard InChI is InChI=1S/C10H16N4O/c1-4-14(3)10-12-9(15-13-10)7-8(2)5-6-11/h8H,4-5,7H2,1-3H3. The molecule has 0 aliphatic carbocycles. The van der Waals surface area contributed by atoms with Crippen LogP contribution in [0.1, 0.15) is 26.2 Å². The fraction of sp³-hybridized carbons (Fsp3) is 0.700. The molecule has 0 spiro atoms. The monoisotopic (exact) mass is 208 g/mol. The van der Waals surface area contributed by atoms with Crippen molar-refractivity contribution in [3.8, 4) is 6.07 Å². The van der Waals surface area contributed by atoms with Crippen LogP contribution >= 0.6 is 0 Å². The van der Waals surface area contributed by atoms with Crippen molar-refractivity contribution >= 4 is 5.95 Å². The van der Waals surface area contributed by atoms with Crippen LogP contribution in [0.4, 0.5) is 5.95 Å². The van der Waals surface area contributed by atoms with Gasteiger partial charge < -0.3 is 9.42 Å². The van der Waals surface area contributed by atoms with Gasteiger partial charge in [-0.05, 0) is 18.0 Å². The van der Waals surface area contributed by atoms with Crippen molar-refractivity contribution in [3.63, 3.8) is 0 Å². The highest BCUT2D eigenvalue weighted by Gasteiger charge is 2.12. The highest BCUT2D eigenvalue weighted by atomic mass is 16.5. The fourth-order valence-electron chi connectivity index (χ4n) is 1.15. The number of nitrogens with zero attached hydrogens (tertiary/aromatic N) is 4. The Balaban J connectivity index is 2.57. The SMILES string of the molecule is CCN(C)c1noc(CC(C)CC#N)n1. The van der Waals surface area contributed by atoms with Crippen LogP contribution in [-0.4, -0.2) is 23.7 Å². The van der Waals surface area contributed by atoms with Crippen molar-refractivity contribution in [2.45, 2.75) is 26.7 Å². The average Bonchev–Trinajstić information content (AvgIpc) is 2.65. The van der Waals surface area contributed by atoms with Gasteiger partial charge in [0.25, 0.3) is 5.95 Å². The molecule has 1 unspecified atom stereocenters. The van der Waals surface area contributed by atoms with Gasteiger partial charge >= 0.3 is 0 Å². The van der Waals surface area contributed by atoms with Crippen molar-refractivity contribution in [2.75, 3.05) is 18.5 Å². The molecule has 82 valence electrons. The summed E-state index contributed by atoms with van der Waals surface area (Å²) in [5, 5.41) is 12.4. The second-order valence-corrected chi connectivity index (χ2v) is 3.67. The maximum atomic E-state index is 8.52. The molecule has 5 nitrogen and oxygen atoms in total. The zero-order valence-electron chi connectivity index (χ0n) is 9.40. The summed E-state index contributed by atoms with van der Waals surface area (Å²) in [6.07, 6.45) is 1.18. The third-order valence-corrected chi connectivity index (χ3v) is 2.24. The lowest BCUT2D eigenvalue weighted by atomic mass is 10.1. The summed E-state index contributed by atoms with van der Waals surface area (Å²) in [5.41, 5.74) is 0. The number of hydrogen-bond acceptors (Lipinski definition) is 5. The zero-order chi connectivity index (χ0) is 11.3. The first-order chi connectivity index (χ1) is 7.17. The quantitative estimate of drug-likeness (QED) is 0.735. The average molecular weight is 208 g/mol. The lowest BCUT2D eigenvalue weighted by Gasteiger charge is -2.08. The van der Waals surface area contributed by atoms with Gasteiger partial charge in [0.05, 0.1) is 6.07 Å². The van der Waals surface area contributed by atoms with Crippen LogP contribution in [-0.2, 0) is 6.42 Å². The van der Waals surface area contributed by atoms with Gasteiger partial charge in [0.2, 0.25) is 5.89 Å². The van der Waals surface area contributed by atoms with Crippen LogP contribution in [0, 0.1) is 17.2 Å². The summed E-state index contributed by atoms with van der Waals surface area (Å²) in [7, 11) is 1.91. The Labute approximate surface area is 89.7 Å². The molecule has 0 amide bonds. The number of rotatable bonds is 5. The molecule has 0 aromatic carbocycles. The van der Waals surface area contributed by atoms with Crippen LogP contribution < -0.4 is 4.90 Å². The zero-order valence-corrected chi connectivity index (χ0v) is 9.40. The molecule has 5 heteroatoms. The van der Waals surface area contributed by atoms with Gasteiger partial charge in [-0.25, -0.2) is 0 Å². The Hall–Kier alpha value is -1.57. The van der Waals surface area contributed by atoms with Crippen molar-refractivity contribution in [1.82, 2.24) is 10.1 Å². The molecule has 1 rings (SSSR count). The molecule has 15 heavy (non-hydrogen) atoms. The van der Waals surface area contributed by atoms with E-state index in [-0.39, 0.29) is 5.92 Å². The molecule has 0 N–H and O–H groups in total. The number of aromatic nitrogens is 2. The largest absolute Gasteiger partial charge is 0.342 e. The van der Waals surface area contributed by atoms with Crippen molar-refractivity contribution in [1.29, 1.82) is 5.26 Å². The molecular formula is C10H16N4O. The van der Waals surface area contributed by atoms with E-state index in [1.807, 2.05) is 25.8 Å². The van der Waals surface area contributed by atoms with Crippen molar-refractivity contribution < 1.29 is 4.52 Å². The lowest BCUT2D eigenvalue weighted by Crippen LogP contribution is -2.17. The van der Waals surface area contributed by atoms with E-state index in [0.717, 1.165) is 6.54 Å². The first kappa shape index (κ1) is 11.5. The van der Waals surface area contributed by atoms with Gasteiger partial charge in [0, 0.05) is 26.4 Å². The van der Waals surface area contributed by atoms with E-state index < -0.39 is 0 Å². The topological polar surface area (TPSA) is 66.0 Å². The fourth-order valence-corrected chi connectivity index (χ4v) is 1.15. The summed E-state index contributed by atoms with van der Waals surface area (Å²) in [5.74, 6) is 1.47. The second-order valence-electron chi connectivity index (χ2n) is 3.67. The Bertz CT molecular complexity index is 341. The maximum Gasteiger partial charge on any atom is 0.265 e. The smallest absolute Gasteiger partial charge is 0.265 e. The summed E-state index contributed by atoms with van der Waals surface area (Å²) < 4.78 is 5.09. The molecule has 1 heterocycles. The molecule has 0 aliphatic heterocycles. The van der Waals surface area contributed by atoms with E-state index in [1.165, 1.54) is 0 Å². The van der Waals surface area contributed by atoms with Crippen LogP contribution in [0.25, 0.3) is 0 Å². The van der Waals surface area contributed by atoms with E-state index in [2.05, 4.69) is 16.2 Å². The van der Waals surface area contributed by atoms with E-state index in [9.17, 15) is 0 Å². The Morgan fingerprint density at radius 2 is 2.33 bits per heavy atom.